The van der Waals surface area contributed by atoms with Crippen LogP contribution in [0.2, 0.25) is 0 Å². The molecule has 0 saturated heterocycles. The van der Waals surface area contributed by atoms with Crippen LogP contribution >= 0.6 is 0 Å². The Morgan fingerprint density at radius 2 is 1.29 bits per heavy atom. The van der Waals surface area contributed by atoms with Crippen LogP contribution < -0.4 is 4.74 Å². The summed E-state index contributed by atoms with van der Waals surface area (Å²) in [5, 5.41) is 0. The highest BCUT2D eigenvalue weighted by molar-refractivity contribution is 5.92. The van der Waals surface area contributed by atoms with Crippen molar-refractivity contribution in [3.8, 4) is 17.1 Å². The van der Waals surface area contributed by atoms with Gasteiger partial charge in [0.25, 0.3) is 0 Å². The number of hydrogen-bond acceptors (Lipinski definition) is 6. The summed E-state index contributed by atoms with van der Waals surface area (Å²) >= 11 is 0. The van der Waals surface area contributed by atoms with Gasteiger partial charge in [0.2, 0.25) is 0 Å². The summed E-state index contributed by atoms with van der Waals surface area (Å²) in [6.45, 7) is 4.16. The number of nitrogens with zero attached hydrogens (tertiary/aromatic N) is 2. The molecule has 0 aliphatic rings. The topological polar surface area (TPSA) is 78.4 Å². The van der Waals surface area contributed by atoms with Gasteiger partial charge in [0, 0.05) is 18.0 Å². The first-order valence-corrected chi connectivity index (χ1v) is 14.7. The third-order valence-electron chi connectivity index (χ3n) is 6.89. The first-order valence-electron chi connectivity index (χ1n) is 14.7. The summed E-state index contributed by atoms with van der Waals surface area (Å²) < 4.78 is 50.2. The molecular weight excluding hydrogens is 545 g/mol. The van der Waals surface area contributed by atoms with E-state index >= 15 is 0 Å². The fourth-order valence-corrected chi connectivity index (χ4v) is 4.39. The van der Waals surface area contributed by atoms with E-state index in [2.05, 4.69) is 16.9 Å². The Bertz CT molecular complexity index is 1240. The molecule has 1 aromatic heterocycles. The SMILES string of the molecule is CCCCCCCc1cnc(-c2ccc(C(=O)Oc3ccc(C(=O)O[C@@H](CCCCCC)C(F)(F)F)cc3)cc2)nc1. The van der Waals surface area contributed by atoms with Crippen LogP contribution in [0.15, 0.2) is 60.9 Å². The van der Waals surface area contributed by atoms with Crippen molar-refractivity contribution in [3.63, 3.8) is 0 Å². The molecule has 0 fully saturated rings. The first kappa shape index (κ1) is 32.8. The zero-order valence-corrected chi connectivity index (χ0v) is 24.3. The molecule has 226 valence electrons. The van der Waals surface area contributed by atoms with Crippen molar-refractivity contribution in [1.29, 1.82) is 0 Å². The fraction of sp³-hybridized carbons (Fsp3) is 0.455. The summed E-state index contributed by atoms with van der Waals surface area (Å²) in [5.41, 5.74) is 2.08. The van der Waals surface area contributed by atoms with Gasteiger partial charge in [-0.3, -0.25) is 0 Å². The molecule has 2 aromatic carbocycles. The van der Waals surface area contributed by atoms with Gasteiger partial charge < -0.3 is 9.47 Å². The van der Waals surface area contributed by atoms with Crippen molar-refractivity contribution in [2.75, 3.05) is 0 Å². The Morgan fingerprint density at radius 1 is 0.738 bits per heavy atom. The van der Waals surface area contributed by atoms with E-state index in [1.165, 1.54) is 49.9 Å². The number of benzene rings is 2. The minimum atomic E-state index is -4.64. The van der Waals surface area contributed by atoms with Crippen LogP contribution in [0.3, 0.4) is 0 Å². The molecule has 0 saturated carbocycles. The number of carbonyl (C=O) groups excluding carboxylic acids is 2. The van der Waals surface area contributed by atoms with E-state index in [4.69, 9.17) is 9.47 Å². The van der Waals surface area contributed by atoms with Crippen molar-refractivity contribution in [2.24, 2.45) is 0 Å². The highest BCUT2D eigenvalue weighted by Gasteiger charge is 2.42. The molecule has 0 N–H and O–H groups in total. The maximum atomic E-state index is 13.3. The monoisotopic (exact) mass is 584 g/mol. The standard InChI is InChI=1S/C33H39F3N2O4/c1-3-5-7-9-10-12-24-22-37-30(38-23-24)25-14-16-26(17-15-25)31(39)41-28-20-18-27(19-21-28)32(40)42-29(33(34,35)36)13-11-8-6-4-2/h14-23,29H,3-13H2,1-2H3/t29-/m0/s1. The number of rotatable bonds is 16. The molecule has 0 aliphatic carbocycles. The van der Waals surface area contributed by atoms with Crippen molar-refractivity contribution < 1.29 is 32.2 Å². The van der Waals surface area contributed by atoms with Crippen LogP contribution in [-0.2, 0) is 11.2 Å². The van der Waals surface area contributed by atoms with Crippen LogP contribution in [0.1, 0.15) is 104 Å². The van der Waals surface area contributed by atoms with Crippen molar-refractivity contribution in [1.82, 2.24) is 9.97 Å². The molecule has 3 aromatic rings. The molecule has 0 bridgehead atoms. The molecule has 3 rings (SSSR count). The Kier molecular flexibility index (Phi) is 13.0. The molecule has 9 heteroatoms. The molecule has 42 heavy (non-hydrogen) atoms. The number of hydrogen-bond donors (Lipinski definition) is 0. The fourth-order valence-electron chi connectivity index (χ4n) is 4.39. The molecule has 1 atom stereocenters. The smallest absolute Gasteiger partial charge is 0.425 e. The average Bonchev–Trinajstić information content (AvgIpc) is 2.98. The second kappa shape index (κ2) is 16.6. The van der Waals surface area contributed by atoms with Gasteiger partial charge in [-0.1, -0.05) is 70.9 Å². The van der Waals surface area contributed by atoms with E-state index in [1.807, 2.05) is 19.3 Å². The van der Waals surface area contributed by atoms with E-state index in [0.717, 1.165) is 36.8 Å². The largest absolute Gasteiger partial charge is 0.449 e. The lowest BCUT2D eigenvalue weighted by molar-refractivity contribution is -0.206. The number of carbonyl (C=O) groups is 2. The Morgan fingerprint density at radius 3 is 1.88 bits per heavy atom. The zero-order valence-electron chi connectivity index (χ0n) is 24.3. The third kappa shape index (κ3) is 10.6. The first-order chi connectivity index (χ1) is 20.2. The summed E-state index contributed by atoms with van der Waals surface area (Å²) in [6.07, 6.45) is 6.25. The number of alkyl halides is 3. The number of halogens is 3. The molecule has 6 nitrogen and oxygen atoms in total. The molecule has 0 radical (unpaired) electrons. The summed E-state index contributed by atoms with van der Waals surface area (Å²) in [7, 11) is 0. The van der Waals surface area contributed by atoms with Gasteiger partial charge in [-0.2, -0.15) is 13.2 Å². The van der Waals surface area contributed by atoms with Gasteiger partial charge in [0.05, 0.1) is 11.1 Å². The van der Waals surface area contributed by atoms with Gasteiger partial charge >= 0.3 is 18.1 Å². The minimum absolute atomic E-state index is 0.0653. The Balaban J connectivity index is 1.52. The van der Waals surface area contributed by atoms with E-state index in [-0.39, 0.29) is 17.7 Å². The maximum absolute atomic E-state index is 13.3. The molecule has 0 aliphatic heterocycles. The van der Waals surface area contributed by atoms with Crippen molar-refractivity contribution in [3.05, 3.63) is 77.6 Å². The molecule has 0 unspecified atom stereocenters. The predicted molar refractivity (Wildman–Crippen MR) is 155 cm³/mol. The third-order valence-corrected chi connectivity index (χ3v) is 6.89. The summed E-state index contributed by atoms with van der Waals surface area (Å²) in [6, 6.07) is 11.9. The van der Waals surface area contributed by atoms with Gasteiger partial charge in [-0.15, -0.1) is 0 Å². The maximum Gasteiger partial charge on any atom is 0.425 e. The van der Waals surface area contributed by atoms with Crippen molar-refractivity contribution in [2.45, 2.75) is 96.8 Å². The predicted octanol–water partition coefficient (Wildman–Crippen LogP) is 8.93. The van der Waals surface area contributed by atoms with Crippen LogP contribution in [0.5, 0.6) is 5.75 Å². The quantitative estimate of drug-likeness (QED) is 0.0950. The highest BCUT2D eigenvalue weighted by atomic mass is 19.4. The Labute approximate surface area is 245 Å². The lowest BCUT2D eigenvalue weighted by Crippen LogP contribution is -2.33. The van der Waals surface area contributed by atoms with E-state index in [9.17, 15) is 22.8 Å². The van der Waals surface area contributed by atoms with Gasteiger partial charge in [0.1, 0.15) is 5.75 Å². The summed E-state index contributed by atoms with van der Waals surface area (Å²) in [4.78, 5) is 33.9. The van der Waals surface area contributed by atoms with Crippen LogP contribution in [0.4, 0.5) is 13.2 Å². The lowest BCUT2D eigenvalue weighted by Gasteiger charge is -2.20. The highest BCUT2D eigenvalue weighted by Crippen LogP contribution is 2.28. The number of esters is 2. The second-order valence-electron chi connectivity index (χ2n) is 10.4. The average molecular weight is 585 g/mol. The minimum Gasteiger partial charge on any atom is -0.449 e. The number of unbranched alkanes of at least 4 members (excludes halogenated alkanes) is 7. The van der Waals surface area contributed by atoms with Crippen LogP contribution in [0.25, 0.3) is 11.4 Å². The van der Waals surface area contributed by atoms with Crippen molar-refractivity contribution >= 4 is 11.9 Å². The van der Waals surface area contributed by atoms with Crippen LogP contribution in [0, 0.1) is 0 Å². The summed E-state index contributed by atoms with van der Waals surface area (Å²) in [5.74, 6) is -1.01. The second-order valence-corrected chi connectivity index (χ2v) is 10.4. The number of aryl methyl sites for hydroxylation is 1. The molecular formula is C33H39F3N2O4. The number of ether oxygens (including phenoxy) is 2. The van der Waals surface area contributed by atoms with Gasteiger partial charge in [-0.25, -0.2) is 19.6 Å². The molecule has 0 spiro atoms. The van der Waals surface area contributed by atoms with E-state index < -0.39 is 24.2 Å². The van der Waals surface area contributed by atoms with Crippen LogP contribution in [-0.4, -0.2) is 34.2 Å². The number of aromatic nitrogens is 2. The molecule has 0 amide bonds. The lowest BCUT2D eigenvalue weighted by atomic mass is 10.1. The Hall–Kier alpha value is -3.75. The zero-order chi connectivity index (χ0) is 30.4. The van der Waals surface area contributed by atoms with E-state index in [0.29, 0.717) is 24.2 Å². The van der Waals surface area contributed by atoms with Gasteiger partial charge in [0.15, 0.2) is 11.9 Å². The van der Waals surface area contributed by atoms with Gasteiger partial charge in [-0.05, 0) is 67.6 Å². The van der Waals surface area contributed by atoms with E-state index in [1.54, 1.807) is 24.3 Å². The molecule has 1 heterocycles. The normalized spacial score (nSPS) is 12.1.